The molecule has 12 aromatic rings. The van der Waals surface area contributed by atoms with Crippen LogP contribution in [0.15, 0.2) is 197 Å². The third kappa shape index (κ3) is 7.73. The predicted octanol–water partition coefficient (Wildman–Crippen LogP) is 15.4. The van der Waals surface area contributed by atoms with Crippen LogP contribution in [0.25, 0.3) is 122 Å². The van der Waals surface area contributed by atoms with Crippen LogP contribution in [0, 0.1) is 0 Å². The normalized spacial score (nSPS) is 12.0. The van der Waals surface area contributed by atoms with Crippen LogP contribution >= 0.6 is 0 Å². The lowest BCUT2D eigenvalue weighted by molar-refractivity contribution is 0.668. The number of benzene rings is 6. The fourth-order valence-electron chi connectivity index (χ4n) is 8.97. The number of pyridine rings is 2. The van der Waals surface area contributed by atoms with Crippen molar-refractivity contribution in [3.63, 3.8) is 0 Å². The summed E-state index contributed by atoms with van der Waals surface area (Å²) in [5.74, 6) is 0. The Morgan fingerprint density at radius 3 is 1.77 bits per heavy atom. The van der Waals surface area contributed by atoms with Gasteiger partial charge in [-0.05, 0) is 114 Å². The number of aliphatic imine (C=N–C) groups is 1. The molecular weight excluding hydrogens is 853 g/mol. The van der Waals surface area contributed by atoms with Gasteiger partial charge in [0.1, 0.15) is 50.1 Å². The molecule has 0 bridgehead atoms. The van der Waals surface area contributed by atoms with Crippen LogP contribution in [0.4, 0.5) is 11.4 Å². The van der Waals surface area contributed by atoms with Crippen molar-refractivity contribution in [2.75, 3.05) is 11.9 Å². The first-order valence-electron chi connectivity index (χ1n) is 23.0. The molecule has 69 heavy (non-hydrogen) atoms. The van der Waals surface area contributed by atoms with Gasteiger partial charge in [-0.3, -0.25) is 24.9 Å². The van der Waals surface area contributed by atoms with Gasteiger partial charge in [0.15, 0.2) is 0 Å². The Bertz CT molecular complexity index is 3980. The number of hydrogen-bond acceptors (Lipinski definition) is 10. The molecule has 1 aliphatic heterocycles. The average Bonchev–Trinajstić information content (AvgIpc) is 3.99. The molecule has 0 saturated carbocycles. The minimum atomic E-state index is 0.607. The van der Waals surface area contributed by atoms with Crippen molar-refractivity contribution in [3.05, 3.63) is 183 Å². The number of nitrogens with zero attached hydrogens (tertiary/aromatic N) is 7. The van der Waals surface area contributed by atoms with Crippen molar-refractivity contribution in [1.29, 1.82) is 0 Å². The second-order valence-electron chi connectivity index (χ2n) is 16.1. The summed E-state index contributed by atoms with van der Waals surface area (Å²) < 4.78 is 12.7. The first-order valence-corrected chi connectivity index (χ1v) is 23.0. The van der Waals surface area contributed by atoms with Gasteiger partial charge in [-0.2, -0.15) is 0 Å². The first kappa shape index (κ1) is 42.5. The summed E-state index contributed by atoms with van der Waals surface area (Å²) in [5, 5.41) is 7.53. The molecule has 7 heterocycles. The number of rotatable bonds is 6. The van der Waals surface area contributed by atoms with E-state index in [4.69, 9.17) is 23.8 Å². The smallest absolute Gasteiger partial charge is 0.135 e. The highest BCUT2D eigenvalue weighted by atomic mass is 16.3. The van der Waals surface area contributed by atoms with E-state index in [1.54, 1.807) is 24.7 Å². The topological polar surface area (TPSA) is 128 Å². The second-order valence-corrected chi connectivity index (χ2v) is 16.1. The zero-order valence-corrected chi connectivity index (χ0v) is 38.2. The van der Waals surface area contributed by atoms with Gasteiger partial charge in [0.2, 0.25) is 0 Å². The number of furan rings is 2. The lowest BCUT2D eigenvalue weighted by Gasteiger charge is -2.16. The van der Waals surface area contributed by atoms with Crippen LogP contribution in [-0.4, -0.2) is 42.7 Å². The van der Waals surface area contributed by atoms with E-state index in [1.807, 2.05) is 94.0 Å². The first-order chi connectivity index (χ1) is 34.1. The molecule has 6 aromatic carbocycles. The lowest BCUT2D eigenvalue weighted by Crippen LogP contribution is -2.09. The van der Waals surface area contributed by atoms with Crippen LogP contribution in [0.2, 0.25) is 0 Å². The molecule has 1 N–H and O–H groups in total. The zero-order chi connectivity index (χ0) is 46.8. The van der Waals surface area contributed by atoms with Crippen molar-refractivity contribution >= 4 is 83.5 Å². The van der Waals surface area contributed by atoms with Crippen LogP contribution < -0.4 is 5.32 Å². The predicted molar refractivity (Wildman–Crippen MR) is 283 cm³/mol. The Morgan fingerprint density at radius 1 is 0.522 bits per heavy atom. The average molecular weight is 897 g/mol. The summed E-state index contributed by atoms with van der Waals surface area (Å²) in [5.41, 5.74) is 17.4. The Kier molecular flexibility index (Phi) is 11.2. The minimum Gasteiger partial charge on any atom is -0.456 e. The van der Waals surface area contributed by atoms with Gasteiger partial charge < -0.3 is 14.2 Å². The molecule has 6 aromatic heterocycles. The van der Waals surface area contributed by atoms with E-state index in [0.717, 1.165) is 117 Å². The summed E-state index contributed by atoms with van der Waals surface area (Å²) in [4.78, 5) is 33.2. The summed E-state index contributed by atoms with van der Waals surface area (Å²) in [6, 6.07) is 43.9. The molecule has 0 saturated heterocycles. The minimum absolute atomic E-state index is 0.607. The Hall–Kier alpha value is -9.15. The highest BCUT2D eigenvalue weighted by molar-refractivity contribution is 6.16. The molecule has 1 aliphatic rings. The molecule has 13 rings (SSSR count). The quantitative estimate of drug-likeness (QED) is 0.128. The van der Waals surface area contributed by atoms with Gasteiger partial charge in [-0.15, -0.1) is 0 Å². The summed E-state index contributed by atoms with van der Waals surface area (Å²) in [7, 11) is 0. The van der Waals surface area contributed by atoms with Crippen molar-refractivity contribution in [2.24, 2.45) is 4.99 Å². The van der Waals surface area contributed by atoms with Crippen molar-refractivity contribution in [2.45, 2.75) is 20.8 Å². The maximum absolute atomic E-state index is 6.36. The van der Waals surface area contributed by atoms with E-state index in [-0.39, 0.29) is 0 Å². The maximum Gasteiger partial charge on any atom is 0.135 e. The Labute approximate surface area is 397 Å². The molecular formula is C59H44N8O2. The van der Waals surface area contributed by atoms with Crippen LogP contribution in [0.5, 0.6) is 0 Å². The van der Waals surface area contributed by atoms with Crippen LogP contribution in [0.1, 0.15) is 20.8 Å². The van der Waals surface area contributed by atoms with E-state index in [0.29, 0.717) is 23.1 Å². The largest absolute Gasteiger partial charge is 0.456 e. The van der Waals surface area contributed by atoms with Crippen molar-refractivity contribution < 1.29 is 8.83 Å². The molecule has 0 atom stereocenters. The van der Waals surface area contributed by atoms with Gasteiger partial charge in [0, 0.05) is 63.7 Å². The molecule has 0 aliphatic carbocycles. The van der Waals surface area contributed by atoms with Gasteiger partial charge in [0.25, 0.3) is 0 Å². The molecule has 0 spiro atoms. The summed E-state index contributed by atoms with van der Waals surface area (Å²) in [6.45, 7) is 10.0. The Balaban J connectivity index is 0.000000701. The van der Waals surface area contributed by atoms with E-state index >= 15 is 0 Å². The standard InChI is InChI=1S/C52H30N8O2.C5H8.C2H6/c1-2-17-53-40(8-1)46-35(7-4-18-54-46)33-11-15-44-38(26-33)36-24-31(9-13-42(36)61-44)29-5-3-6-30(23-29)32-10-14-43-37(25-32)39-27-34(12-16-45(39)62-43)41-28-59-51-49-47(55-19-20-57-49)48-50(52(51)60-41)58-22-21-56-48;1-3-5-4-2;1-2/h1-19,21-28,57H,20H2;3-5H,1H2,2H3;1-2H3/b;5-4-;. The number of hydrogen-bond donors (Lipinski definition) is 1. The monoisotopic (exact) mass is 896 g/mol. The summed E-state index contributed by atoms with van der Waals surface area (Å²) in [6.07, 6.45) is 16.2. The second kappa shape index (κ2) is 18.3. The fraction of sp³-hybridized carbons (Fsp3) is 0.0678. The number of anilines is 1. The van der Waals surface area contributed by atoms with E-state index in [2.05, 4.69) is 117 Å². The molecule has 10 heteroatoms. The van der Waals surface area contributed by atoms with Crippen molar-refractivity contribution in [3.8, 4) is 56.0 Å². The zero-order valence-electron chi connectivity index (χ0n) is 38.2. The van der Waals surface area contributed by atoms with Gasteiger partial charge in [0.05, 0.1) is 35.5 Å². The molecule has 0 radical (unpaired) electrons. The Morgan fingerprint density at radius 2 is 1.13 bits per heavy atom. The third-order valence-corrected chi connectivity index (χ3v) is 12.1. The van der Waals surface area contributed by atoms with E-state index < -0.39 is 0 Å². The molecule has 0 unspecified atom stereocenters. The molecule has 0 amide bonds. The SMILES string of the molecule is C1=Nc2c(c3ncc(-c4ccc5oc6ccc(-c7cccc(-c8ccc9oc%10ccc(-c%11cccnc%11-c%11ccccn%11)cc%10c9c8)c7)cc6c5c4)nc3c3nccnc23)NC1.C=C/C=C\C.CC. The van der Waals surface area contributed by atoms with Crippen molar-refractivity contribution in [1.82, 2.24) is 29.9 Å². The third-order valence-electron chi connectivity index (χ3n) is 12.1. The number of allylic oxidation sites excluding steroid dienone is 3. The van der Waals surface area contributed by atoms with E-state index in [1.165, 1.54) is 0 Å². The number of fused-ring (bicyclic) bond motifs is 12. The number of aromatic nitrogens is 6. The lowest BCUT2D eigenvalue weighted by atomic mass is 9.96. The molecule has 332 valence electrons. The van der Waals surface area contributed by atoms with Crippen LogP contribution in [-0.2, 0) is 0 Å². The maximum atomic E-state index is 6.36. The van der Waals surface area contributed by atoms with Gasteiger partial charge in [-0.25, -0.2) is 9.97 Å². The molecule has 0 fully saturated rings. The van der Waals surface area contributed by atoms with Crippen LogP contribution in [0.3, 0.4) is 0 Å². The molecule has 10 nitrogen and oxygen atoms in total. The number of nitrogens with one attached hydrogen (secondary N) is 1. The fourth-order valence-corrected chi connectivity index (χ4v) is 8.97. The highest BCUT2D eigenvalue weighted by Gasteiger charge is 2.21. The summed E-state index contributed by atoms with van der Waals surface area (Å²) >= 11 is 0. The highest BCUT2D eigenvalue weighted by Crippen LogP contribution is 2.42. The van der Waals surface area contributed by atoms with Gasteiger partial charge in [-0.1, -0.05) is 87.2 Å². The van der Waals surface area contributed by atoms with E-state index in [9.17, 15) is 0 Å². The van der Waals surface area contributed by atoms with Gasteiger partial charge >= 0.3 is 0 Å².